The van der Waals surface area contributed by atoms with Gasteiger partial charge >= 0.3 is 0 Å². The number of methoxy groups -OCH3 is 1. The summed E-state index contributed by atoms with van der Waals surface area (Å²) in [5.74, 6) is 0.200. The number of phenols is 1. The van der Waals surface area contributed by atoms with Crippen molar-refractivity contribution in [3.63, 3.8) is 0 Å². The van der Waals surface area contributed by atoms with Crippen LogP contribution in [-0.4, -0.2) is 35.7 Å². The maximum Gasteiger partial charge on any atom is 0.255 e. The molecule has 18 heavy (non-hydrogen) atoms. The van der Waals surface area contributed by atoms with Gasteiger partial charge in [-0.3, -0.25) is 4.79 Å². The van der Waals surface area contributed by atoms with E-state index in [-0.39, 0.29) is 22.0 Å². The third-order valence-corrected chi connectivity index (χ3v) is 3.93. The zero-order valence-electron chi connectivity index (χ0n) is 11.1. The number of carbonyl (C=O) groups is 1. The van der Waals surface area contributed by atoms with Crippen LogP contribution in [0.4, 0.5) is 0 Å². The van der Waals surface area contributed by atoms with Crippen LogP contribution >= 0.6 is 11.8 Å². The molecule has 4 nitrogen and oxygen atoms in total. The first-order chi connectivity index (χ1) is 8.39. The molecule has 0 fully saturated rings. The Morgan fingerprint density at radius 2 is 2.17 bits per heavy atom. The molecule has 0 unspecified atom stereocenters. The molecule has 0 aromatic heterocycles. The van der Waals surface area contributed by atoms with Gasteiger partial charge in [-0.1, -0.05) is 0 Å². The van der Waals surface area contributed by atoms with Crippen molar-refractivity contribution in [2.75, 3.05) is 19.9 Å². The molecule has 0 atom stereocenters. The zero-order chi connectivity index (χ0) is 13.8. The lowest BCUT2D eigenvalue weighted by atomic mass is 10.1. The molecule has 0 aliphatic heterocycles. The van der Waals surface area contributed by atoms with Crippen LogP contribution in [0.3, 0.4) is 0 Å². The number of aromatic hydroxyl groups is 1. The van der Waals surface area contributed by atoms with E-state index in [1.807, 2.05) is 20.1 Å². The van der Waals surface area contributed by atoms with Gasteiger partial charge in [-0.25, -0.2) is 0 Å². The Kier molecular flexibility index (Phi) is 4.90. The van der Waals surface area contributed by atoms with Crippen LogP contribution in [0.25, 0.3) is 0 Å². The number of hydrogen-bond donors (Lipinski definition) is 2. The molecule has 0 bridgehead atoms. The summed E-state index contributed by atoms with van der Waals surface area (Å²) >= 11 is 1.67. The molecule has 0 radical (unpaired) electrons. The van der Waals surface area contributed by atoms with E-state index in [9.17, 15) is 9.90 Å². The standard InChI is InChI=1S/C13H19NO3S/c1-13(2,18-4)8-14-12(16)10-7-9(17-3)5-6-11(10)15/h5-7,15H,8H2,1-4H3,(H,14,16). The smallest absolute Gasteiger partial charge is 0.255 e. The predicted octanol–water partition coefficient (Wildman–Crippen LogP) is 2.27. The Balaban J connectivity index is 2.78. The van der Waals surface area contributed by atoms with Gasteiger partial charge in [0.1, 0.15) is 11.5 Å². The van der Waals surface area contributed by atoms with Gasteiger partial charge in [0, 0.05) is 11.3 Å². The third kappa shape index (κ3) is 3.84. The van der Waals surface area contributed by atoms with Gasteiger partial charge in [0.15, 0.2) is 0 Å². The van der Waals surface area contributed by atoms with Crippen LogP contribution in [-0.2, 0) is 0 Å². The molecular weight excluding hydrogens is 250 g/mol. The van der Waals surface area contributed by atoms with Crippen molar-refractivity contribution in [3.8, 4) is 11.5 Å². The van der Waals surface area contributed by atoms with Crippen LogP contribution < -0.4 is 10.1 Å². The molecule has 1 aromatic rings. The molecule has 0 heterocycles. The monoisotopic (exact) mass is 269 g/mol. The van der Waals surface area contributed by atoms with Crippen molar-refractivity contribution in [1.29, 1.82) is 0 Å². The third-order valence-electron chi connectivity index (χ3n) is 2.68. The minimum Gasteiger partial charge on any atom is -0.507 e. The van der Waals surface area contributed by atoms with Crippen molar-refractivity contribution in [2.45, 2.75) is 18.6 Å². The normalized spacial score (nSPS) is 11.1. The molecule has 0 aliphatic carbocycles. The number of phenolic OH excluding ortho intramolecular Hbond substituents is 1. The largest absolute Gasteiger partial charge is 0.507 e. The molecule has 0 saturated carbocycles. The van der Waals surface area contributed by atoms with E-state index in [4.69, 9.17) is 4.74 Å². The molecule has 1 aromatic carbocycles. The predicted molar refractivity (Wildman–Crippen MR) is 74.6 cm³/mol. The van der Waals surface area contributed by atoms with Crippen LogP contribution in [0.2, 0.25) is 0 Å². The molecule has 100 valence electrons. The van der Waals surface area contributed by atoms with E-state index in [1.54, 1.807) is 17.8 Å². The Morgan fingerprint density at radius 3 is 2.72 bits per heavy atom. The van der Waals surface area contributed by atoms with Crippen molar-refractivity contribution in [2.24, 2.45) is 0 Å². The van der Waals surface area contributed by atoms with Gasteiger partial charge in [-0.15, -0.1) is 0 Å². The summed E-state index contributed by atoms with van der Waals surface area (Å²) in [5, 5.41) is 12.5. The van der Waals surface area contributed by atoms with Gasteiger partial charge in [0.25, 0.3) is 5.91 Å². The first-order valence-electron chi connectivity index (χ1n) is 5.60. The summed E-state index contributed by atoms with van der Waals surface area (Å²) in [6, 6.07) is 4.59. The topological polar surface area (TPSA) is 58.6 Å². The Bertz CT molecular complexity index is 432. The fourth-order valence-electron chi connectivity index (χ4n) is 1.28. The Hall–Kier alpha value is -1.36. The van der Waals surface area contributed by atoms with Gasteiger partial charge < -0.3 is 15.2 Å². The first kappa shape index (κ1) is 14.7. The molecule has 0 saturated heterocycles. The van der Waals surface area contributed by atoms with Gasteiger partial charge in [-0.2, -0.15) is 11.8 Å². The second-order valence-corrected chi connectivity index (χ2v) is 6.04. The highest BCUT2D eigenvalue weighted by Gasteiger charge is 2.19. The summed E-state index contributed by atoms with van der Waals surface area (Å²) in [6.45, 7) is 4.62. The average Bonchev–Trinajstić information content (AvgIpc) is 2.36. The summed E-state index contributed by atoms with van der Waals surface area (Å²) in [5.41, 5.74) is 0.228. The van der Waals surface area contributed by atoms with Crippen LogP contribution in [0.1, 0.15) is 24.2 Å². The summed E-state index contributed by atoms with van der Waals surface area (Å²) in [6.07, 6.45) is 2.00. The zero-order valence-corrected chi connectivity index (χ0v) is 11.9. The van der Waals surface area contributed by atoms with E-state index >= 15 is 0 Å². The highest BCUT2D eigenvalue weighted by molar-refractivity contribution is 7.99. The van der Waals surface area contributed by atoms with Crippen molar-refractivity contribution < 1.29 is 14.6 Å². The minimum absolute atomic E-state index is 0.0376. The summed E-state index contributed by atoms with van der Waals surface area (Å²) in [4.78, 5) is 12.0. The van der Waals surface area contributed by atoms with Crippen LogP contribution in [0.15, 0.2) is 18.2 Å². The van der Waals surface area contributed by atoms with Crippen molar-refractivity contribution in [3.05, 3.63) is 23.8 Å². The number of thioether (sulfide) groups is 1. The van der Waals surface area contributed by atoms with Crippen molar-refractivity contribution >= 4 is 17.7 Å². The molecule has 2 N–H and O–H groups in total. The quantitative estimate of drug-likeness (QED) is 0.861. The lowest BCUT2D eigenvalue weighted by molar-refractivity contribution is 0.0948. The lowest BCUT2D eigenvalue weighted by Crippen LogP contribution is -2.36. The molecule has 1 amide bonds. The maximum absolute atomic E-state index is 12.0. The number of rotatable bonds is 5. The van der Waals surface area contributed by atoms with Crippen LogP contribution in [0.5, 0.6) is 11.5 Å². The minimum atomic E-state index is -0.298. The number of nitrogens with one attached hydrogen (secondary N) is 1. The average molecular weight is 269 g/mol. The molecule has 0 aliphatic rings. The Labute approximate surface area is 112 Å². The fraction of sp³-hybridized carbons (Fsp3) is 0.462. The van der Waals surface area contributed by atoms with Gasteiger partial charge in [0.05, 0.1) is 12.7 Å². The first-order valence-corrected chi connectivity index (χ1v) is 6.82. The van der Waals surface area contributed by atoms with Gasteiger partial charge in [0.2, 0.25) is 0 Å². The van der Waals surface area contributed by atoms with Crippen molar-refractivity contribution in [1.82, 2.24) is 5.32 Å². The second kappa shape index (κ2) is 6.00. The highest BCUT2D eigenvalue weighted by atomic mass is 32.2. The Morgan fingerprint density at radius 1 is 1.50 bits per heavy atom. The van der Waals surface area contributed by atoms with E-state index in [1.165, 1.54) is 19.2 Å². The summed E-state index contributed by atoms with van der Waals surface area (Å²) < 4.78 is 4.99. The molecule has 0 spiro atoms. The number of hydrogen-bond acceptors (Lipinski definition) is 4. The molecule has 1 rings (SSSR count). The highest BCUT2D eigenvalue weighted by Crippen LogP contribution is 2.24. The van der Waals surface area contributed by atoms with Crippen LogP contribution in [0, 0.1) is 0 Å². The molecule has 5 heteroatoms. The SMILES string of the molecule is COc1ccc(O)c(C(=O)NCC(C)(C)SC)c1. The second-order valence-electron chi connectivity index (χ2n) is 4.53. The number of amides is 1. The van der Waals surface area contributed by atoms with E-state index in [2.05, 4.69) is 5.32 Å². The molecular formula is C13H19NO3S. The van der Waals surface area contributed by atoms with Gasteiger partial charge in [-0.05, 0) is 38.3 Å². The number of benzene rings is 1. The maximum atomic E-state index is 12.0. The van der Waals surface area contributed by atoms with E-state index < -0.39 is 0 Å². The lowest BCUT2D eigenvalue weighted by Gasteiger charge is -2.22. The number of carbonyl (C=O) groups excluding carboxylic acids is 1. The van der Waals surface area contributed by atoms with E-state index in [0.717, 1.165) is 0 Å². The fourth-order valence-corrected chi connectivity index (χ4v) is 1.50. The summed E-state index contributed by atoms with van der Waals surface area (Å²) in [7, 11) is 1.52. The van der Waals surface area contributed by atoms with E-state index in [0.29, 0.717) is 12.3 Å². The number of ether oxygens (including phenoxy) is 1.